The zero-order valence-corrected chi connectivity index (χ0v) is 13.3. The van der Waals surface area contributed by atoms with Crippen LogP contribution in [0.2, 0.25) is 5.02 Å². The molecular formula is C12H11ClF3N3O3S. The zero-order chi connectivity index (χ0) is 17.3. The van der Waals surface area contributed by atoms with E-state index in [1.807, 2.05) is 0 Å². The molecule has 1 N–H and O–H groups in total. The second kappa shape index (κ2) is 6.46. The average molecular weight is 370 g/mol. The van der Waals surface area contributed by atoms with Crippen molar-refractivity contribution in [3.8, 4) is 0 Å². The number of nitrogens with one attached hydrogen (secondary N) is 1. The first-order valence-corrected chi connectivity index (χ1v) is 8.11. The van der Waals surface area contributed by atoms with Crippen LogP contribution in [0.15, 0.2) is 27.6 Å². The lowest BCUT2D eigenvalue weighted by atomic mass is 10.2. The van der Waals surface area contributed by atoms with Crippen LogP contribution in [-0.2, 0) is 22.6 Å². The number of hydrogen-bond acceptors (Lipinski definition) is 5. The van der Waals surface area contributed by atoms with Gasteiger partial charge in [-0.1, -0.05) is 16.8 Å². The topological polar surface area (TPSA) is 85.1 Å². The zero-order valence-electron chi connectivity index (χ0n) is 11.7. The summed E-state index contributed by atoms with van der Waals surface area (Å²) in [5.74, 6) is 0.618. The van der Waals surface area contributed by atoms with Crippen molar-refractivity contribution in [2.45, 2.75) is 24.4 Å². The summed E-state index contributed by atoms with van der Waals surface area (Å²) in [5.41, 5.74) is -1.21. The van der Waals surface area contributed by atoms with Crippen molar-refractivity contribution in [2.24, 2.45) is 0 Å². The Morgan fingerprint density at radius 3 is 2.61 bits per heavy atom. The minimum absolute atomic E-state index is 0.103. The van der Waals surface area contributed by atoms with Gasteiger partial charge in [0.1, 0.15) is 0 Å². The van der Waals surface area contributed by atoms with Crippen molar-refractivity contribution in [3.05, 3.63) is 40.5 Å². The van der Waals surface area contributed by atoms with Crippen LogP contribution in [0.1, 0.15) is 17.3 Å². The highest BCUT2D eigenvalue weighted by Crippen LogP contribution is 2.35. The lowest BCUT2D eigenvalue weighted by Crippen LogP contribution is -2.26. The van der Waals surface area contributed by atoms with Gasteiger partial charge in [0, 0.05) is 13.0 Å². The van der Waals surface area contributed by atoms with Crippen LogP contribution in [0, 0.1) is 6.92 Å². The third-order valence-electron chi connectivity index (χ3n) is 2.75. The van der Waals surface area contributed by atoms with Gasteiger partial charge in [-0.3, -0.25) is 0 Å². The summed E-state index contributed by atoms with van der Waals surface area (Å²) in [6.45, 7) is 1.50. The molecule has 0 spiro atoms. The maximum Gasteiger partial charge on any atom is 0.417 e. The molecule has 0 fully saturated rings. The van der Waals surface area contributed by atoms with E-state index >= 15 is 0 Å². The number of rotatable bonds is 5. The first kappa shape index (κ1) is 17.7. The molecule has 2 aromatic rings. The summed E-state index contributed by atoms with van der Waals surface area (Å²) < 4.78 is 69.3. The fraction of sp³-hybridized carbons (Fsp3) is 0.333. The summed E-state index contributed by atoms with van der Waals surface area (Å²) in [6.07, 6.45) is -4.64. The molecule has 0 amide bonds. The van der Waals surface area contributed by atoms with E-state index in [9.17, 15) is 21.6 Å². The van der Waals surface area contributed by atoms with Crippen molar-refractivity contribution >= 4 is 21.6 Å². The Morgan fingerprint density at radius 1 is 1.35 bits per heavy atom. The van der Waals surface area contributed by atoms with E-state index in [0.717, 1.165) is 12.1 Å². The number of halogens is 4. The van der Waals surface area contributed by atoms with E-state index in [1.54, 1.807) is 6.92 Å². The van der Waals surface area contributed by atoms with Gasteiger partial charge in [0.15, 0.2) is 5.82 Å². The molecule has 1 aromatic heterocycles. The Hall–Kier alpha value is -1.65. The highest BCUT2D eigenvalue weighted by Gasteiger charge is 2.34. The standard InChI is InChI=1S/C12H11ClF3N3O3S/c1-7-18-11(22-19-7)4-5-17-23(20,21)8-2-3-10(13)9(6-8)12(14,15)16/h2-3,6,17H,4-5H2,1H3. The van der Waals surface area contributed by atoms with Crippen molar-refractivity contribution in [1.29, 1.82) is 0 Å². The van der Waals surface area contributed by atoms with Crippen LogP contribution in [0.3, 0.4) is 0 Å². The summed E-state index contributed by atoms with van der Waals surface area (Å²) in [7, 11) is -4.12. The number of hydrogen-bond donors (Lipinski definition) is 1. The van der Waals surface area contributed by atoms with E-state index in [0.29, 0.717) is 11.9 Å². The van der Waals surface area contributed by atoms with Crippen molar-refractivity contribution in [3.63, 3.8) is 0 Å². The van der Waals surface area contributed by atoms with E-state index in [-0.39, 0.29) is 18.9 Å². The second-order valence-electron chi connectivity index (χ2n) is 4.52. The third kappa shape index (κ3) is 4.43. The predicted octanol–water partition coefficient (Wildman–Crippen LogP) is 2.57. The summed E-state index contributed by atoms with van der Waals surface area (Å²) >= 11 is 5.45. The minimum atomic E-state index is -4.75. The van der Waals surface area contributed by atoms with Gasteiger partial charge >= 0.3 is 6.18 Å². The number of alkyl halides is 3. The Kier molecular flexibility index (Phi) is 4.97. The van der Waals surface area contributed by atoms with Crippen molar-refractivity contribution in [1.82, 2.24) is 14.9 Å². The normalized spacial score (nSPS) is 12.6. The predicted molar refractivity (Wildman–Crippen MR) is 74.4 cm³/mol. The molecule has 0 saturated carbocycles. The quantitative estimate of drug-likeness (QED) is 0.875. The maximum atomic E-state index is 12.8. The molecule has 23 heavy (non-hydrogen) atoms. The number of nitrogens with zero attached hydrogens (tertiary/aromatic N) is 2. The number of benzene rings is 1. The molecule has 0 saturated heterocycles. The van der Waals surface area contributed by atoms with Crippen LogP contribution in [0.4, 0.5) is 13.2 Å². The largest absolute Gasteiger partial charge is 0.417 e. The highest BCUT2D eigenvalue weighted by atomic mass is 35.5. The molecule has 6 nitrogen and oxygen atoms in total. The van der Waals surface area contributed by atoms with Gasteiger partial charge in [-0.15, -0.1) is 0 Å². The van der Waals surface area contributed by atoms with E-state index < -0.39 is 31.7 Å². The van der Waals surface area contributed by atoms with Crippen LogP contribution in [0.25, 0.3) is 0 Å². The van der Waals surface area contributed by atoms with Crippen LogP contribution >= 0.6 is 11.6 Å². The van der Waals surface area contributed by atoms with Crippen LogP contribution < -0.4 is 4.72 Å². The molecule has 1 heterocycles. The van der Waals surface area contributed by atoms with Gasteiger partial charge in [0.2, 0.25) is 15.9 Å². The Bertz CT molecular complexity index is 805. The molecule has 11 heteroatoms. The molecule has 126 valence electrons. The second-order valence-corrected chi connectivity index (χ2v) is 6.70. The molecule has 0 aliphatic heterocycles. The lowest BCUT2D eigenvalue weighted by Gasteiger charge is -2.11. The number of aromatic nitrogens is 2. The molecule has 2 rings (SSSR count). The summed E-state index contributed by atoms with van der Waals surface area (Å²) in [5, 5.41) is 2.96. The molecule has 1 aromatic carbocycles. The third-order valence-corrected chi connectivity index (χ3v) is 4.54. The van der Waals surface area contributed by atoms with Crippen molar-refractivity contribution < 1.29 is 26.1 Å². The van der Waals surface area contributed by atoms with Gasteiger partial charge in [0.25, 0.3) is 0 Å². The van der Waals surface area contributed by atoms with Crippen LogP contribution in [0.5, 0.6) is 0 Å². The maximum absolute atomic E-state index is 12.8. The molecule has 0 atom stereocenters. The summed E-state index contributed by atoms with van der Waals surface area (Å²) in [6, 6.07) is 2.37. The highest BCUT2D eigenvalue weighted by molar-refractivity contribution is 7.89. The monoisotopic (exact) mass is 369 g/mol. The first-order valence-electron chi connectivity index (χ1n) is 6.25. The van der Waals surface area contributed by atoms with E-state index in [2.05, 4.69) is 14.9 Å². The average Bonchev–Trinajstić information content (AvgIpc) is 2.83. The Balaban J connectivity index is 2.13. The molecule has 0 aliphatic rings. The van der Waals surface area contributed by atoms with Gasteiger partial charge in [-0.05, 0) is 25.1 Å². The molecule has 0 unspecified atom stereocenters. The van der Waals surface area contributed by atoms with Gasteiger partial charge < -0.3 is 4.52 Å². The van der Waals surface area contributed by atoms with Gasteiger partial charge in [0.05, 0.1) is 15.5 Å². The first-order chi connectivity index (χ1) is 10.6. The molecular weight excluding hydrogens is 359 g/mol. The molecule has 0 bridgehead atoms. The Labute approximate surface area is 134 Å². The van der Waals surface area contributed by atoms with Crippen LogP contribution in [-0.4, -0.2) is 25.1 Å². The SMILES string of the molecule is Cc1noc(CCNS(=O)(=O)c2ccc(Cl)c(C(F)(F)F)c2)n1. The fourth-order valence-corrected chi connectivity index (χ4v) is 2.99. The minimum Gasteiger partial charge on any atom is -0.339 e. The fourth-order valence-electron chi connectivity index (χ4n) is 1.71. The Morgan fingerprint density at radius 2 is 2.04 bits per heavy atom. The van der Waals surface area contributed by atoms with Crippen molar-refractivity contribution in [2.75, 3.05) is 6.54 Å². The lowest BCUT2D eigenvalue weighted by molar-refractivity contribution is -0.137. The summed E-state index contributed by atoms with van der Waals surface area (Å²) in [4.78, 5) is 3.35. The van der Waals surface area contributed by atoms with Gasteiger partial charge in [-0.2, -0.15) is 18.2 Å². The smallest absolute Gasteiger partial charge is 0.339 e. The molecule has 0 radical (unpaired) electrons. The number of aryl methyl sites for hydroxylation is 1. The molecule has 0 aliphatic carbocycles. The number of sulfonamides is 1. The van der Waals surface area contributed by atoms with E-state index in [4.69, 9.17) is 16.1 Å². The van der Waals surface area contributed by atoms with E-state index in [1.165, 1.54) is 0 Å². The van der Waals surface area contributed by atoms with Gasteiger partial charge in [-0.25, -0.2) is 13.1 Å².